The van der Waals surface area contributed by atoms with E-state index in [0.717, 1.165) is 17.2 Å². The van der Waals surface area contributed by atoms with Gasteiger partial charge in [-0.05, 0) is 0 Å². The molecule has 2 unspecified atom stereocenters. The molecule has 7 N–H and O–H groups in total. The van der Waals surface area contributed by atoms with Crippen molar-refractivity contribution in [2.75, 3.05) is 19.0 Å². The number of aliphatic hydroxyl groups is 1. The molecule has 0 spiro atoms. The Labute approximate surface area is 181 Å². The van der Waals surface area contributed by atoms with Crippen LogP contribution in [-0.2, 0) is 31.6 Å². The van der Waals surface area contributed by atoms with E-state index in [9.17, 15) is 32.5 Å². The van der Waals surface area contributed by atoms with Crippen molar-refractivity contribution >= 4 is 40.4 Å². The van der Waals surface area contributed by atoms with E-state index in [4.69, 9.17) is 25.2 Å². The molecule has 22 heteroatoms. The van der Waals surface area contributed by atoms with Crippen molar-refractivity contribution in [1.29, 1.82) is 0 Å². The number of hydrogen-bond donors (Lipinski definition) is 6. The minimum Gasteiger partial charge on any atom is -0.387 e. The number of nitrogens with two attached hydrogens (primary N) is 1. The molecular formula is C11H16F2N5O12P3. The van der Waals surface area contributed by atoms with Gasteiger partial charge in [0.1, 0.15) is 24.6 Å². The van der Waals surface area contributed by atoms with Crippen molar-refractivity contribution in [3.8, 4) is 0 Å². The largest absolute Gasteiger partial charge is 0.490 e. The predicted octanol–water partition coefficient (Wildman–Crippen LogP) is -0.312. The number of phosphoric ester groups is 1. The zero-order valence-electron chi connectivity index (χ0n) is 15.9. The average Bonchev–Trinajstić information content (AvgIpc) is 3.19. The third-order valence-corrected chi connectivity index (χ3v) is 8.03. The number of rotatable bonds is 9. The van der Waals surface area contributed by atoms with Gasteiger partial charge in [-0.1, -0.05) is 0 Å². The molecule has 0 amide bonds. The number of alkyl halides is 2. The lowest BCUT2D eigenvalue weighted by atomic mass is 9.98. The van der Waals surface area contributed by atoms with Gasteiger partial charge in [0, 0.05) is 0 Å². The summed E-state index contributed by atoms with van der Waals surface area (Å²) >= 11 is 0. The summed E-state index contributed by atoms with van der Waals surface area (Å²) < 4.78 is 80.2. The van der Waals surface area contributed by atoms with E-state index in [-0.39, 0.29) is 17.0 Å². The summed E-state index contributed by atoms with van der Waals surface area (Å²) in [4.78, 5) is 47.1. The second-order valence-corrected chi connectivity index (χ2v) is 11.0. The second-order valence-electron chi connectivity index (χ2n) is 6.54. The quantitative estimate of drug-likeness (QED) is 0.222. The van der Waals surface area contributed by atoms with Crippen LogP contribution in [-0.4, -0.2) is 75.4 Å². The first-order valence-electron chi connectivity index (χ1n) is 8.37. The number of phosphoric acid groups is 3. The van der Waals surface area contributed by atoms with Crippen molar-refractivity contribution in [3.63, 3.8) is 0 Å². The van der Waals surface area contributed by atoms with E-state index in [1.54, 1.807) is 0 Å². The van der Waals surface area contributed by atoms with Crippen molar-refractivity contribution in [1.82, 2.24) is 19.5 Å². The number of aromatic nitrogens is 4. The third-order valence-electron chi connectivity index (χ3n) is 4.24. The first-order chi connectivity index (χ1) is 15.1. The molecule has 3 rings (SSSR count). The van der Waals surface area contributed by atoms with Gasteiger partial charge in [0.2, 0.25) is 0 Å². The Hall–Kier alpha value is -1.46. The predicted molar refractivity (Wildman–Crippen MR) is 99.3 cm³/mol. The van der Waals surface area contributed by atoms with Crippen LogP contribution in [0, 0.1) is 0 Å². The maximum atomic E-state index is 14.9. The molecule has 0 saturated carbocycles. The highest BCUT2D eigenvalue weighted by atomic mass is 31.3. The number of halogens is 2. The summed E-state index contributed by atoms with van der Waals surface area (Å²) in [7, 11) is -17.2. The van der Waals surface area contributed by atoms with Crippen LogP contribution >= 0.6 is 23.5 Å². The summed E-state index contributed by atoms with van der Waals surface area (Å²) in [6.45, 7) is -3.11. The zero-order chi connectivity index (χ0) is 24.8. The Morgan fingerprint density at radius 2 is 1.82 bits per heavy atom. The number of nitrogen functional groups attached to an aromatic ring is 1. The minimum absolute atomic E-state index is 0.0359. The van der Waals surface area contributed by atoms with E-state index in [1.807, 2.05) is 0 Å². The Morgan fingerprint density at radius 1 is 1.15 bits per heavy atom. The van der Waals surface area contributed by atoms with Gasteiger partial charge in [-0.25, -0.2) is 37.4 Å². The molecular weight excluding hydrogens is 525 g/mol. The Morgan fingerprint density at radius 3 is 2.42 bits per heavy atom. The standard InChI is InChI=1S/C11H16F2N5O12P3/c12-1-11(2-27-32(23,24)30-33(25,26)29-31(20,21)22)7(19)5(13)10(28-11)18-4-17-6-8(14)15-3-16-9(6)18/h3-5,7,10,19H,1-2H2,(H,23,24)(H,25,26)(H2,14,15,16)(H2,20,21,22)/t5-,7+,10-,11-/m1/s1. The van der Waals surface area contributed by atoms with Crippen LogP contribution in [0.1, 0.15) is 6.23 Å². The number of aliphatic hydroxyl groups excluding tert-OH is 1. The molecule has 1 aliphatic heterocycles. The molecule has 0 aromatic carbocycles. The van der Waals surface area contributed by atoms with E-state index in [2.05, 4.69) is 28.1 Å². The summed E-state index contributed by atoms with van der Waals surface area (Å²) in [5.41, 5.74) is 2.98. The highest BCUT2D eigenvalue weighted by molar-refractivity contribution is 7.66. The number of nitrogens with zero attached hydrogens (tertiary/aromatic N) is 4. The number of hydrogen-bond acceptors (Lipinski definition) is 12. The highest BCUT2D eigenvalue weighted by Gasteiger charge is 2.58. The third kappa shape index (κ3) is 5.62. The fourth-order valence-corrected chi connectivity index (χ4v) is 5.93. The van der Waals surface area contributed by atoms with E-state index in [0.29, 0.717) is 0 Å². The van der Waals surface area contributed by atoms with Crippen LogP contribution < -0.4 is 5.73 Å². The lowest BCUT2D eigenvalue weighted by molar-refractivity contribution is -0.134. The highest BCUT2D eigenvalue weighted by Crippen LogP contribution is 2.66. The topological polar surface area (TPSA) is 259 Å². The van der Waals surface area contributed by atoms with Gasteiger partial charge in [-0.3, -0.25) is 9.09 Å². The lowest BCUT2D eigenvalue weighted by Gasteiger charge is -2.29. The molecule has 0 radical (unpaired) electrons. The zero-order valence-corrected chi connectivity index (χ0v) is 18.5. The summed E-state index contributed by atoms with van der Waals surface area (Å²) in [5.74, 6) is -0.0721. The fourth-order valence-electron chi connectivity index (χ4n) is 2.85. The monoisotopic (exact) mass is 541 g/mol. The molecule has 2 aromatic rings. The Bertz CT molecular complexity index is 1180. The maximum absolute atomic E-state index is 14.9. The van der Waals surface area contributed by atoms with Crippen LogP contribution in [0.3, 0.4) is 0 Å². The van der Waals surface area contributed by atoms with E-state index in [1.165, 1.54) is 0 Å². The van der Waals surface area contributed by atoms with Gasteiger partial charge in [0.15, 0.2) is 29.5 Å². The molecule has 17 nitrogen and oxygen atoms in total. The molecule has 0 bridgehead atoms. The summed E-state index contributed by atoms with van der Waals surface area (Å²) in [5, 5.41) is 10.2. The van der Waals surface area contributed by atoms with E-state index >= 15 is 0 Å². The molecule has 186 valence electrons. The molecule has 1 fully saturated rings. The first-order valence-corrected chi connectivity index (χ1v) is 12.9. The first kappa shape index (κ1) is 26.2. The van der Waals surface area contributed by atoms with Crippen LogP contribution in [0.15, 0.2) is 12.7 Å². The van der Waals surface area contributed by atoms with E-state index < -0.39 is 60.9 Å². The lowest BCUT2D eigenvalue weighted by Crippen LogP contribution is -2.48. The second kappa shape index (κ2) is 8.96. The average molecular weight is 541 g/mol. The molecule has 33 heavy (non-hydrogen) atoms. The van der Waals surface area contributed by atoms with Gasteiger partial charge in [0.25, 0.3) is 0 Å². The van der Waals surface area contributed by atoms with Crippen molar-refractivity contribution < 1.29 is 65.0 Å². The van der Waals surface area contributed by atoms with Crippen molar-refractivity contribution in [3.05, 3.63) is 12.7 Å². The summed E-state index contributed by atoms with van der Waals surface area (Å²) in [6, 6.07) is 0. The number of anilines is 1. The van der Waals surface area contributed by atoms with Gasteiger partial charge in [-0.15, -0.1) is 0 Å². The van der Waals surface area contributed by atoms with Crippen molar-refractivity contribution in [2.45, 2.75) is 24.1 Å². The fraction of sp³-hybridized carbons (Fsp3) is 0.545. The van der Waals surface area contributed by atoms with Crippen LogP contribution in [0.4, 0.5) is 14.6 Å². The van der Waals surface area contributed by atoms with Gasteiger partial charge in [0.05, 0.1) is 12.9 Å². The number of fused-ring (bicyclic) bond motifs is 1. The van der Waals surface area contributed by atoms with Gasteiger partial charge in [-0.2, -0.15) is 8.62 Å². The maximum Gasteiger partial charge on any atom is 0.490 e. The van der Waals surface area contributed by atoms with Crippen LogP contribution in [0.2, 0.25) is 0 Å². The van der Waals surface area contributed by atoms with Crippen LogP contribution in [0.25, 0.3) is 11.2 Å². The van der Waals surface area contributed by atoms with Crippen molar-refractivity contribution in [2.24, 2.45) is 0 Å². The number of ether oxygens (including phenoxy) is 1. The molecule has 1 saturated heterocycles. The molecule has 1 aliphatic rings. The summed E-state index contributed by atoms with van der Waals surface area (Å²) in [6.07, 6.45) is -4.42. The normalized spacial score (nSPS) is 29.7. The Kier molecular flexibility index (Phi) is 7.10. The smallest absolute Gasteiger partial charge is 0.387 e. The minimum atomic E-state index is -5.85. The van der Waals surface area contributed by atoms with Gasteiger partial charge >= 0.3 is 23.5 Å². The van der Waals surface area contributed by atoms with Crippen LogP contribution in [0.5, 0.6) is 0 Å². The molecule has 3 heterocycles. The van der Waals surface area contributed by atoms with Gasteiger partial charge < -0.3 is 35.2 Å². The molecule has 6 atom stereocenters. The Balaban J connectivity index is 1.80. The molecule has 0 aliphatic carbocycles. The number of imidazole rings is 1. The molecule has 2 aromatic heterocycles. The SMILES string of the molecule is Nc1ncnc2c1ncn2[C@@H]1O[C@](CF)(COP(=O)(O)OP(=O)(O)OP(=O)(O)O)[C@@H](O)[C@H]1F.